The van der Waals surface area contributed by atoms with Crippen LogP contribution in [0.4, 0.5) is 27.5 Å². The van der Waals surface area contributed by atoms with E-state index in [0.717, 1.165) is 60.7 Å². The van der Waals surface area contributed by atoms with E-state index in [1.165, 1.54) is 48.5 Å². The number of rotatable bonds is 10. The number of fused-ring (bicyclic) bond motifs is 2. The predicted octanol–water partition coefficient (Wildman–Crippen LogP) is -8.23. The summed E-state index contributed by atoms with van der Waals surface area (Å²) in [5.41, 5.74) is -0.793. The Kier molecular flexibility index (Phi) is 19.6. The molecule has 0 atom stereocenters. The van der Waals surface area contributed by atoms with Gasteiger partial charge in [-0.3, -0.25) is 9.59 Å². The molecular formula is C35H22N4Na4O15S4. The molecule has 0 saturated heterocycles. The zero-order valence-corrected chi connectivity index (χ0v) is 43.9. The molecule has 6 rings (SSSR count). The maximum atomic E-state index is 13.3. The Morgan fingerprint density at radius 3 is 1.03 bits per heavy atom. The summed E-state index contributed by atoms with van der Waals surface area (Å²) < 4.78 is 143. The first kappa shape index (κ1) is 55.8. The second kappa shape index (κ2) is 21.8. The van der Waals surface area contributed by atoms with Crippen LogP contribution in [-0.2, 0) is 40.5 Å². The van der Waals surface area contributed by atoms with Crippen LogP contribution in [-0.4, -0.2) is 69.7 Å². The van der Waals surface area contributed by atoms with Gasteiger partial charge >= 0.3 is 124 Å². The molecule has 0 aliphatic rings. The van der Waals surface area contributed by atoms with Crippen molar-refractivity contribution < 1.29 is 184 Å². The molecule has 0 spiro atoms. The molecule has 0 unspecified atom stereocenters. The fraction of sp³-hybridized carbons (Fsp3) is 0. The molecule has 4 amide bonds. The maximum Gasteiger partial charge on any atom is 1.00 e. The first-order valence-corrected chi connectivity index (χ1v) is 21.5. The van der Waals surface area contributed by atoms with Crippen LogP contribution in [0.5, 0.6) is 0 Å². The summed E-state index contributed by atoms with van der Waals surface area (Å²) in [6.07, 6.45) is 0. The van der Waals surface area contributed by atoms with E-state index in [-0.39, 0.29) is 152 Å². The fourth-order valence-corrected chi connectivity index (χ4v) is 8.69. The number of carbonyl (C=O) groups is 3. The molecule has 0 saturated carbocycles. The minimum atomic E-state index is -5.24. The van der Waals surface area contributed by atoms with Crippen LogP contribution < -0.4 is 139 Å². The molecule has 27 heteroatoms. The number of hydrogen-bond donors (Lipinski definition) is 4. The van der Waals surface area contributed by atoms with Gasteiger partial charge in [-0.1, -0.05) is 36.4 Å². The molecule has 6 aromatic rings. The third kappa shape index (κ3) is 12.9. The van der Waals surface area contributed by atoms with Crippen molar-refractivity contribution in [2.24, 2.45) is 0 Å². The minimum absolute atomic E-state index is 0. The zero-order valence-electron chi connectivity index (χ0n) is 32.6. The van der Waals surface area contributed by atoms with Gasteiger partial charge in [0.15, 0.2) is 0 Å². The van der Waals surface area contributed by atoms with Crippen LogP contribution in [0.15, 0.2) is 129 Å². The Balaban J connectivity index is 0.00000331. The Labute approximate surface area is 442 Å². The van der Waals surface area contributed by atoms with Crippen molar-refractivity contribution in [1.29, 1.82) is 0 Å². The summed E-state index contributed by atoms with van der Waals surface area (Å²) in [4.78, 5) is 36.1. The summed E-state index contributed by atoms with van der Waals surface area (Å²) in [6, 6.07) is 19.2. The molecule has 19 nitrogen and oxygen atoms in total. The van der Waals surface area contributed by atoms with Gasteiger partial charge in [0.25, 0.3) is 11.8 Å². The van der Waals surface area contributed by atoms with Gasteiger partial charge in [0.1, 0.15) is 40.5 Å². The molecule has 0 heterocycles. The van der Waals surface area contributed by atoms with E-state index in [1.807, 2.05) is 0 Å². The van der Waals surface area contributed by atoms with Gasteiger partial charge in [-0.15, -0.1) is 0 Å². The van der Waals surface area contributed by atoms with E-state index in [9.17, 15) is 66.3 Å². The number of benzene rings is 6. The van der Waals surface area contributed by atoms with Crippen LogP contribution in [0, 0.1) is 0 Å². The van der Waals surface area contributed by atoms with Gasteiger partial charge in [0, 0.05) is 44.0 Å². The minimum Gasteiger partial charge on any atom is -0.744 e. The molecule has 0 aromatic heterocycles. The molecule has 0 radical (unpaired) electrons. The molecule has 0 bridgehead atoms. The third-order valence-electron chi connectivity index (χ3n) is 8.26. The maximum absolute atomic E-state index is 13.3. The predicted molar refractivity (Wildman–Crippen MR) is 201 cm³/mol. The molecule has 0 aliphatic carbocycles. The standard InChI is InChI=1S/C35H26N4O15S4.4Na/c40-33(38-25-13-15-27(55(43,44)45)23-9-3-11-29(31(23)25)57(49,50)51)19-5-1-7-21(17-19)36-35(42)37-22-8-2-6-20(18-22)34(41)39-26-14-16-28(56(46,47)48)24-10-4-12-30(32(24)26)58(52,53)54;;;;/h1-18H,(H,38,40)(H,39,41)(H2,36,37,42)(H,43,44,45)(H,46,47,48)(H,49,50,51)(H,52,53,54);;;;/q;4*+1/p-4. The Bertz CT molecular complexity index is 3000. The zero-order chi connectivity index (χ0) is 42.4. The third-order valence-corrected chi connectivity index (χ3v) is 11.8. The summed E-state index contributed by atoms with van der Waals surface area (Å²) in [5, 5.41) is 7.80. The van der Waals surface area contributed by atoms with Crippen LogP contribution in [0.2, 0.25) is 0 Å². The first-order valence-electron chi connectivity index (χ1n) is 15.9. The van der Waals surface area contributed by atoms with E-state index in [0.29, 0.717) is 0 Å². The fourth-order valence-electron chi connectivity index (χ4n) is 5.91. The molecule has 0 aliphatic heterocycles. The number of nitrogens with one attached hydrogen (secondary N) is 4. The van der Waals surface area contributed by atoms with Crippen molar-refractivity contribution in [2.75, 3.05) is 21.3 Å². The second-order valence-electron chi connectivity index (χ2n) is 12.0. The molecular weight excluding hydrogens is 937 g/mol. The number of amides is 4. The largest absolute Gasteiger partial charge is 1.00 e. The van der Waals surface area contributed by atoms with Crippen LogP contribution in [0.3, 0.4) is 0 Å². The second-order valence-corrected chi connectivity index (χ2v) is 17.4. The van der Waals surface area contributed by atoms with Gasteiger partial charge in [0.2, 0.25) is 0 Å². The molecule has 6 aromatic carbocycles. The normalized spacial score (nSPS) is 11.4. The summed E-state index contributed by atoms with van der Waals surface area (Å²) in [7, 11) is -20.8. The Hall–Kier alpha value is -2.31. The first-order chi connectivity index (χ1) is 27.0. The van der Waals surface area contributed by atoms with Crippen LogP contribution in [0.25, 0.3) is 21.5 Å². The van der Waals surface area contributed by atoms with Crippen molar-refractivity contribution >= 4 is 103 Å². The summed E-state index contributed by atoms with van der Waals surface area (Å²) >= 11 is 0. The van der Waals surface area contributed by atoms with E-state index in [1.54, 1.807) is 0 Å². The smallest absolute Gasteiger partial charge is 0.744 e. The van der Waals surface area contributed by atoms with Gasteiger partial charge in [-0.25, -0.2) is 38.5 Å². The van der Waals surface area contributed by atoms with Gasteiger partial charge in [0.05, 0.1) is 31.0 Å². The number of hydrogen-bond acceptors (Lipinski definition) is 15. The Morgan fingerprint density at radius 1 is 0.387 bits per heavy atom. The average molecular weight is 959 g/mol. The number of anilines is 4. The van der Waals surface area contributed by atoms with Gasteiger partial charge in [-0.2, -0.15) is 0 Å². The SMILES string of the molecule is O=C(Nc1cccc(C(=O)Nc2ccc(S(=O)(=O)[O-])c3cccc(S(=O)(=O)[O-])c23)c1)Nc1cccc(C(=O)Nc2ccc(S(=O)(=O)[O-])c3cccc(S(=O)(=O)[O-])c23)c1.[Na+].[Na+].[Na+].[Na+]. The molecule has 300 valence electrons. The van der Waals surface area contributed by atoms with Crippen molar-refractivity contribution in [3.8, 4) is 0 Å². The van der Waals surface area contributed by atoms with E-state index in [4.69, 9.17) is 0 Å². The molecule has 0 fully saturated rings. The van der Waals surface area contributed by atoms with E-state index < -0.39 is 99.4 Å². The van der Waals surface area contributed by atoms with Crippen molar-refractivity contribution in [1.82, 2.24) is 0 Å². The monoisotopic (exact) mass is 958 g/mol. The van der Waals surface area contributed by atoms with Gasteiger partial charge < -0.3 is 39.5 Å². The van der Waals surface area contributed by atoms with E-state index >= 15 is 0 Å². The van der Waals surface area contributed by atoms with Crippen molar-refractivity contribution in [3.63, 3.8) is 0 Å². The average Bonchev–Trinajstić information content (AvgIpc) is 3.13. The summed E-state index contributed by atoms with van der Waals surface area (Å²) in [5.74, 6) is -1.81. The summed E-state index contributed by atoms with van der Waals surface area (Å²) in [6.45, 7) is 0. The van der Waals surface area contributed by atoms with Crippen molar-refractivity contribution in [2.45, 2.75) is 19.6 Å². The molecule has 62 heavy (non-hydrogen) atoms. The quantitative estimate of drug-likeness (QED) is 0.0732. The van der Waals surface area contributed by atoms with Crippen molar-refractivity contribution in [3.05, 3.63) is 120 Å². The van der Waals surface area contributed by atoms with Gasteiger partial charge in [-0.05, 0) is 72.8 Å². The Morgan fingerprint density at radius 2 is 0.710 bits per heavy atom. The number of carbonyl (C=O) groups excluding carboxylic acids is 3. The van der Waals surface area contributed by atoms with E-state index in [2.05, 4.69) is 21.3 Å². The number of urea groups is 1. The van der Waals surface area contributed by atoms with Crippen LogP contribution in [0.1, 0.15) is 20.7 Å². The van der Waals surface area contributed by atoms with Crippen LogP contribution >= 0.6 is 0 Å². The molecule has 4 N–H and O–H groups in total. The topological polar surface area (TPSA) is 328 Å².